The minimum atomic E-state index is -3.52. The van der Waals surface area contributed by atoms with E-state index in [0.717, 1.165) is 6.26 Å². The van der Waals surface area contributed by atoms with Gasteiger partial charge in [-0.1, -0.05) is 0 Å². The quantitative estimate of drug-likeness (QED) is 0.710. The van der Waals surface area contributed by atoms with Crippen LogP contribution in [0.4, 0.5) is 11.5 Å². The van der Waals surface area contributed by atoms with Crippen molar-refractivity contribution in [3.63, 3.8) is 0 Å². The summed E-state index contributed by atoms with van der Waals surface area (Å²) in [6.07, 6.45) is 1.01. The number of hydrogen-bond acceptors (Lipinski definition) is 5. The topological polar surface area (TPSA) is 118 Å². The Balaban J connectivity index is 2.99. The van der Waals surface area contributed by atoms with Crippen LogP contribution >= 0.6 is 0 Å². The van der Waals surface area contributed by atoms with Gasteiger partial charge in [-0.25, -0.2) is 8.42 Å². The number of sulfone groups is 1. The standard InChI is InChI=1S/C9H16N4O3S/c1-5-6(10)7(13-12-5)11-8(14)9(2,3)17(4,15)16/h10H2,1-4H3,(H2,11,12,13,14). The summed E-state index contributed by atoms with van der Waals surface area (Å²) in [6, 6.07) is 0. The van der Waals surface area contributed by atoms with Crippen LogP contribution in [0, 0.1) is 6.92 Å². The van der Waals surface area contributed by atoms with Crippen LogP contribution in [0.3, 0.4) is 0 Å². The number of hydrogen-bond donors (Lipinski definition) is 3. The van der Waals surface area contributed by atoms with Gasteiger partial charge in [-0.05, 0) is 20.8 Å². The number of carbonyl (C=O) groups is 1. The van der Waals surface area contributed by atoms with E-state index in [1.807, 2.05) is 0 Å². The normalized spacial score (nSPS) is 12.5. The van der Waals surface area contributed by atoms with Crippen molar-refractivity contribution in [2.45, 2.75) is 25.5 Å². The van der Waals surface area contributed by atoms with E-state index in [9.17, 15) is 13.2 Å². The third-order valence-corrected chi connectivity index (χ3v) is 4.74. The molecule has 1 amide bonds. The van der Waals surface area contributed by atoms with Crippen LogP contribution in [0.2, 0.25) is 0 Å². The van der Waals surface area contributed by atoms with E-state index in [2.05, 4.69) is 15.5 Å². The van der Waals surface area contributed by atoms with Crippen LogP contribution in [-0.4, -0.2) is 35.5 Å². The van der Waals surface area contributed by atoms with Crippen molar-refractivity contribution >= 4 is 27.2 Å². The van der Waals surface area contributed by atoms with Crippen LogP contribution < -0.4 is 11.1 Å². The minimum absolute atomic E-state index is 0.143. The number of aryl methyl sites for hydroxylation is 1. The van der Waals surface area contributed by atoms with Crippen molar-refractivity contribution in [3.05, 3.63) is 5.69 Å². The van der Waals surface area contributed by atoms with Crippen molar-refractivity contribution in [2.24, 2.45) is 0 Å². The van der Waals surface area contributed by atoms with Gasteiger partial charge >= 0.3 is 0 Å². The van der Waals surface area contributed by atoms with Crippen molar-refractivity contribution in [3.8, 4) is 0 Å². The van der Waals surface area contributed by atoms with Gasteiger partial charge in [0.05, 0.1) is 11.4 Å². The molecule has 7 nitrogen and oxygen atoms in total. The largest absolute Gasteiger partial charge is 0.394 e. The summed E-state index contributed by atoms with van der Waals surface area (Å²) in [6.45, 7) is 4.35. The molecule has 96 valence electrons. The van der Waals surface area contributed by atoms with Crippen molar-refractivity contribution in [1.82, 2.24) is 10.2 Å². The number of amides is 1. The van der Waals surface area contributed by atoms with Gasteiger partial charge in [-0.15, -0.1) is 0 Å². The summed E-state index contributed by atoms with van der Waals surface area (Å²) < 4.78 is 21.4. The zero-order valence-corrected chi connectivity index (χ0v) is 11.0. The lowest BCUT2D eigenvalue weighted by atomic mass is 10.2. The molecular formula is C9H16N4O3S. The maximum Gasteiger partial charge on any atom is 0.246 e. The summed E-state index contributed by atoms with van der Waals surface area (Å²) >= 11 is 0. The molecule has 0 aromatic carbocycles. The third kappa shape index (κ3) is 2.41. The summed E-state index contributed by atoms with van der Waals surface area (Å²) in [5.74, 6) is -0.526. The average Bonchev–Trinajstić information content (AvgIpc) is 2.47. The fraction of sp³-hybridized carbons (Fsp3) is 0.556. The van der Waals surface area contributed by atoms with Gasteiger partial charge < -0.3 is 11.1 Å². The Morgan fingerprint density at radius 1 is 1.47 bits per heavy atom. The highest BCUT2D eigenvalue weighted by Crippen LogP contribution is 2.22. The molecule has 0 aliphatic heterocycles. The molecule has 0 bridgehead atoms. The second-order valence-corrected chi connectivity index (χ2v) is 6.91. The molecule has 0 aliphatic rings. The Labute approximate surface area is 99.7 Å². The van der Waals surface area contributed by atoms with Crippen molar-refractivity contribution < 1.29 is 13.2 Å². The smallest absolute Gasteiger partial charge is 0.246 e. The molecule has 0 saturated heterocycles. The monoisotopic (exact) mass is 260 g/mol. The SMILES string of the molecule is Cc1[nH]nc(NC(=O)C(C)(C)S(C)(=O)=O)c1N. The Hall–Kier alpha value is -1.57. The lowest BCUT2D eigenvalue weighted by molar-refractivity contribution is -0.117. The number of aromatic amines is 1. The molecule has 0 aliphatic carbocycles. The Morgan fingerprint density at radius 2 is 2.00 bits per heavy atom. The number of H-pyrrole nitrogens is 1. The van der Waals surface area contributed by atoms with E-state index in [0.29, 0.717) is 11.4 Å². The third-order valence-electron chi connectivity index (χ3n) is 2.70. The van der Waals surface area contributed by atoms with Gasteiger partial charge in [0.2, 0.25) is 5.91 Å². The number of rotatable bonds is 3. The molecule has 17 heavy (non-hydrogen) atoms. The summed E-state index contributed by atoms with van der Waals surface area (Å²) in [4.78, 5) is 11.8. The van der Waals surface area contributed by atoms with Crippen molar-refractivity contribution in [1.29, 1.82) is 0 Å². The molecule has 1 heterocycles. The molecular weight excluding hydrogens is 244 g/mol. The fourth-order valence-corrected chi connectivity index (χ4v) is 1.35. The number of carbonyl (C=O) groups excluding carboxylic acids is 1. The molecule has 0 saturated carbocycles. The molecule has 0 radical (unpaired) electrons. The van der Waals surface area contributed by atoms with Crippen LogP contribution in [0.25, 0.3) is 0 Å². The highest BCUT2D eigenvalue weighted by Gasteiger charge is 2.39. The van der Waals surface area contributed by atoms with Gasteiger partial charge in [0.1, 0.15) is 4.75 Å². The number of nitrogens with one attached hydrogen (secondary N) is 2. The highest BCUT2D eigenvalue weighted by atomic mass is 32.2. The average molecular weight is 260 g/mol. The molecule has 8 heteroatoms. The van der Waals surface area contributed by atoms with Gasteiger partial charge in [-0.3, -0.25) is 9.89 Å². The minimum Gasteiger partial charge on any atom is -0.394 e. The number of nitrogens with two attached hydrogens (primary N) is 1. The Morgan fingerprint density at radius 3 is 2.35 bits per heavy atom. The lowest BCUT2D eigenvalue weighted by Crippen LogP contribution is -2.44. The van der Waals surface area contributed by atoms with E-state index in [1.54, 1.807) is 6.92 Å². The van der Waals surface area contributed by atoms with Gasteiger partial charge in [0.15, 0.2) is 15.7 Å². The van der Waals surface area contributed by atoms with Crippen LogP contribution in [0.1, 0.15) is 19.5 Å². The molecule has 1 aromatic rings. The first-order chi connectivity index (χ1) is 7.57. The summed E-state index contributed by atoms with van der Waals surface area (Å²) in [7, 11) is -3.52. The number of nitrogen functional groups attached to an aromatic ring is 1. The zero-order valence-electron chi connectivity index (χ0n) is 10.2. The second-order valence-electron chi connectivity index (χ2n) is 4.35. The van der Waals surface area contributed by atoms with Gasteiger partial charge in [0.25, 0.3) is 0 Å². The Bertz CT molecular complexity index is 545. The first kappa shape index (κ1) is 13.5. The van der Waals surface area contributed by atoms with Crippen LogP contribution in [0.5, 0.6) is 0 Å². The number of nitrogens with zero attached hydrogens (tertiary/aromatic N) is 1. The van der Waals surface area contributed by atoms with E-state index in [-0.39, 0.29) is 5.82 Å². The van der Waals surface area contributed by atoms with E-state index >= 15 is 0 Å². The van der Waals surface area contributed by atoms with Crippen LogP contribution in [-0.2, 0) is 14.6 Å². The van der Waals surface area contributed by atoms with Gasteiger partial charge in [0, 0.05) is 6.26 Å². The maximum absolute atomic E-state index is 11.8. The molecule has 0 atom stereocenters. The number of aromatic nitrogens is 2. The molecule has 1 aromatic heterocycles. The highest BCUT2D eigenvalue weighted by molar-refractivity contribution is 7.92. The molecule has 1 rings (SSSR count). The summed E-state index contributed by atoms with van der Waals surface area (Å²) in [5, 5.41) is 8.76. The van der Waals surface area contributed by atoms with Crippen molar-refractivity contribution in [2.75, 3.05) is 17.3 Å². The van der Waals surface area contributed by atoms with Crippen LogP contribution in [0.15, 0.2) is 0 Å². The predicted octanol–water partition coefficient (Wildman–Crippen LogP) is 0.0620. The maximum atomic E-state index is 11.8. The number of anilines is 2. The molecule has 0 fully saturated rings. The molecule has 4 N–H and O–H groups in total. The van der Waals surface area contributed by atoms with E-state index in [4.69, 9.17) is 5.73 Å². The molecule has 0 unspecified atom stereocenters. The van der Waals surface area contributed by atoms with E-state index < -0.39 is 20.5 Å². The first-order valence-electron chi connectivity index (χ1n) is 4.89. The van der Waals surface area contributed by atoms with Gasteiger partial charge in [-0.2, -0.15) is 5.10 Å². The summed E-state index contributed by atoms with van der Waals surface area (Å²) in [5.41, 5.74) is 6.55. The fourth-order valence-electron chi connectivity index (χ4n) is 0.960. The molecule has 0 spiro atoms. The van der Waals surface area contributed by atoms with E-state index in [1.165, 1.54) is 13.8 Å². The zero-order chi connectivity index (χ0) is 13.4. The predicted molar refractivity (Wildman–Crippen MR) is 65.3 cm³/mol. The Kier molecular flexibility index (Phi) is 3.19. The first-order valence-corrected chi connectivity index (χ1v) is 6.78. The second kappa shape index (κ2) is 4.02. The lowest BCUT2D eigenvalue weighted by Gasteiger charge is -2.20.